The fourth-order valence-corrected chi connectivity index (χ4v) is 2.16. The third-order valence-corrected chi connectivity index (χ3v) is 3.42. The van der Waals surface area contributed by atoms with Crippen LogP contribution in [0.3, 0.4) is 0 Å². The number of nitrogens with two attached hydrogens (primary N) is 1. The summed E-state index contributed by atoms with van der Waals surface area (Å²) in [6.45, 7) is 0.783. The average Bonchev–Trinajstić information content (AvgIpc) is 2.77. The van der Waals surface area contributed by atoms with Crippen molar-refractivity contribution in [1.29, 1.82) is 0 Å². The molecule has 0 bridgehead atoms. The molecule has 0 radical (unpaired) electrons. The molecule has 1 aromatic heterocycles. The minimum Gasteiger partial charge on any atom is -0.389 e. The normalized spacial score (nSPS) is 10.4. The maximum Gasteiger partial charge on any atom is 0.104 e. The number of nitrogens with zero attached hydrogens (tertiary/aromatic N) is 2. The zero-order chi connectivity index (χ0) is 13.8. The highest BCUT2D eigenvalue weighted by Crippen LogP contribution is 2.23. The third-order valence-electron chi connectivity index (χ3n) is 2.87. The van der Waals surface area contributed by atoms with Crippen molar-refractivity contribution < 1.29 is 0 Å². The van der Waals surface area contributed by atoms with Crippen molar-refractivity contribution in [1.82, 2.24) is 9.78 Å². The van der Waals surface area contributed by atoms with Gasteiger partial charge in [0.2, 0.25) is 0 Å². The Hall–Kier alpha value is -1.59. The maximum absolute atomic E-state index is 6.17. The van der Waals surface area contributed by atoms with Gasteiger partial charge in [0.25, 0.3) is 0 Å². The number of nitrogens with one attached hydrogen (secondary N) is 1. The standard InChI is InChI=1S/C13H15ClN4S/c1-18-10(5-7-17-18)4-6-16-12-3-2-9(13(15)19)8-11(12)14/h2-3,5,7-8,16H,4,6H2,1H3,(H2,15,19). The quantitative estimate of drug-likeness (QED) is 0.831. The van der Waals surface area contributed by atoms with Crippen LogP contribution in [0.1, 0.15) is 11.3 Å². The molecule has 0 saturated carbocycles. The Balaban J connectivity index is 1.96. The van der Waals surface area contributed by atoms with Gasteiger partial charge in [-0.2, -0.15) is 5.10 Å². The Morgan fingerprint density at radius 2 is 2.26 bits per heavy atom. The van der Waals surface area contributed by atoms with E-state index >= 15 is 0 Å². The Morgan fingerprint density at radius 3 is 2.84 bits per heavy atom. The highest BCUT2D eigenvalue weighted by Gasteiger charge is 2.04. The van der Waals surface area contributed by atoms with Crippen LogP contribution < -0.4 is 11.1 Å². The first-order valence-electron chi connectivity index (χ1n) is 5.88. The van der Waals surface area contributed by atoms with Crippen LogP contribution in [0.4, 0.5) is 5.69 Å². The number of hydrogen-bond acceptors (Lipinski definition) is 3. The number of thiocarbonyl (C=S) groups is 1. The van der Waals surface area contributed by atoms with Crippen molar-refractivity contribution in [2.75, 3.05) is 11.9 Å². The van der Waals surface area contributed by atoms with Gasteiger partial charge in [0, 0.05) is 37.5 Å². The van der Waals surface area contributed by atoms with Gasteiger partial charge in [0.1, 0.15) is 4.99 Å². The van der Waals surface area contributed by atoms with E-state index in [2.05, 4.69) is 10.4 Å². The summed E-state index contributed by atoms with van der Waals surface area (Å²) in [5.74, 6) is 0. The topological polar surface area (TPSA) is 55.9 Å². The molecule has 19 heavy (non-hydrogen) atoms. The predicted octanol–water partition coefficient (Wildman–Crippen LogP) is 2.36. The molecule has 4 nitrogen and oxygen atoms in total. The predicted molar refractivity (Wildman–Crippen MR) is 82.7 cm³/mol. The van der Waals surface area contributed by atoms with Gasteiger partial charge >= 0.3 is 0 Å². The molecule has 100 valence electrons. The zero-order valence-electron chi connectivity index (χ0n) is 10.6. The Labute approximate surface area is 122 Å². The molecular weight excluding hydrogens is 280 g/mol. The molecule has 0 amide bonds. The highest BCUT2D eigenvalue weighted by atomic mass is 35.5. The van der Waals surface area contributed by atoms with E-state index in [-0.39, 0.29) is 0 Å². The summed E-state index contributed by atoms with van der Waals surface area (Å²) in [5, 5.41) is 8.03. The first-order valence-corrected chi connectivity index (χ1v) is 6.66. The fraction of sp³-hybridized carbons (Fsp3) is 0.231. The van der Waals surface area contributed by atoms with Gasteiger partial charge < -0.3 is 11.1 Å². The Bertz CT molecular complexity index is 594. The lowest BCUT2D eigenvalue weighted by atomic mass is 10.2. The molecule has 0 aliphatic heterocycles. The van der Waals surface area contributed by atoms with E-state index in [1.54, 1.807) is 12.3 Å². The number of anilines is 1. The van der Waals surface area contributed by atoms with E-state index < -0.39 is 0 Å². The van der Waals surface area contributed by atoms with Crippen molar-refractivity contribution in [3.05, 3.63) is 46.7 Å². The van der Waals surface area contributed by atoms with Crippen molar-refractivity contribution in [3.8, 4) is 0 Å². The molecule has 2 aromatic rings. The second-order valence-corrected chi connectivity index (χ2v) is 5.03. The SMILES string of the molecule is Cn1nccc1CCNc1ccc(C(N)=S)cc1Cl. The van der Waals surface area contributed by atoms with Crippen LogP contribution in [-0.4, -0.2) is 21.3 Å². The lowest BCUT2D eigenvalue weighted by Gasteiger charge is -2.09. The zero-order valence-corrected chi connectivity index (χ0v) is 12.1. The summed E-state index contributed by atoms with van der Waals surface area (Å²) >= 11 is 11.1. The minimum absolute atomic E-state index is 0.350. The molecule has 0 atom stereocenters. The molecule has 0 unspecified atom stereocenters. The smallest absolute Gasteiger partial charge is 0.104 e. The number of rotatable bonds is 5. The highest BCUT2D eigenvalue weighted by molar-refractivity contribution is 7.80. The van der Waals surface area contributed by atoms with Crippen LogP contribution in [-0.2, 0) is 13.5 Å². The van der Waals surface area contributed by atoms with Gasteiger partial charge in [0.05, 0.1) is 10.7 Å². The van der Waals surface area contributed by atoms with Crippen LogP contribution >= 0.6 is 23.8 Å². The molecule has 0 saturated heterocycles. The van der Waals surface area contributed by atoms with E-state index in [0.29, 0.717) is 10.0 Å². The number of hydrogen-bond donors (Lipinski definition) is 2. The molecule has 1 aromatic carbocycles. The molecule has 3 N–H and O–H groups in total. The maximum atomic E-state index is 6.17. The van der Waals surface area contributed by atoms with Crippen LogP contribution in [0.5, 0.6) is 0 Å². The Kier molecular flexibility index (Phi) is 4.39. The second-order valence-electron chi connectivity index (χ2n) is 4.18. The largest absolute Gasteiger partial charge is 0.389 e. The van der Waals surface area contributed by atoms with Crippen LogP contribution in [0, 0.1) is 0 Å². The first-order chi connectivity index (χ1) is 9.08. The second kappa shape index (κ2) is 6.04. The number of halogens is 1. The molecule has 0 aliphatic rings. The van der Waals surface area contributed by atoms with E-state index in [0.717, 1.165) is 24.2 Å². The van der Waals surface area contributed by atoms with Crippen LogP contribution in [0.2, 0.25) is 5.02 Å². The van der Waals surface area contributed by atoms with Gasteiger partial charge in [-0.3, -0.25) is 4.68 Å². The summed E-state index contributed by atoms with van der Waals surface area (Å²) in [6, 6.07) is 7.52. The molecule has 0 fully saturated rings. The van der Waals surface area contributed by atoms with Gasteiger partial charge in [-0.25, -0.2) is 0 Å². The van der Waals surface area contributed by atoms with E-state index in [1.807, 2.05) is 29.9 Å². The van der Waals surface area contributed by atoms with E-state index in [1.165, 1.54) is 5.69 Å². The van der Waals surface area contributed by atoms with E-state index in [9.17, 15) is 0 Å². The van der Waals surface area contributed by atoms with Crippen molar-refractivity contribution >= 4 is 34.5 Å². The number of aromatic nitrogens is 2. The van der Waals surface area contributed by atoms with E-state index in [4.69, 9.17) is 29.6 Å². The number of benzene rings is 1. The molecule has 2 rings (SSSR count). The molecular formula is C13H15ClN4S. The molecule has 0 spiro atoms. The van der Waals surface area contributed by atoms with Crippen molar-refractivity contribution in [2.45, 2.75) is 6.42 Å². The average molecular weight is 295 g/mol. The van der Waals surface area contributed by atoms with Crippen LogP contribution in [0.25, 0.3) is 0 Å². The first kappa shape index (κ1) is 13.8. The Morgan fingerprint density at radius 1 is 1.47 bits per heavy atom. The van der Waals surface area contributed by atoms with Gasteiger partial charge in [0.15, 0.2) is 0 Å². The fourth-order valence-electron chi connectivity index (χ4n) is 1.78. The number of aryl methyl sites for hydroxylation is 1. The summed E-state index contributed by atoms with van der Waals surface area (Å²) in [5.41, 5.74) is 8.38. The van der Waals surface area contributed by atoms with Crippen LogP contribution in [0.15, 0.2) is 30.5 Å². The monoisotopic (exact) mass is 294 g/mol. The molecule has 6 heteroatoms. The van der Waals surface area contributed by atoms with Crippen molar-refractivity contribution in [3.63, 3.8) is 0 Å². The van der Waals surface area contributed by atoms with Gasteiger partial charge in [-0.1, -0.05) is 23.8 Å². The van der Waals surface area contributed by atoms with Crippen molar-refractivity contribution in [2.24, 2.45) is 12.8 Å². The molecule has 1 heterocycles. The summed E-state index contributed by atoms with van der Waals surface area (Å²) in [7, 11) is 1.93. The summed E-state index contributed by atoms with van der Waals surface area (Å²) < 4.78 is 1.86. The lowest BCUT2D eigenvalue weighted by molar-refractivity contribution is 0.711. The third kappa shape index (κ3) is 3.45. The summed E-state index contributed by atoms with van der Waals surface area (Å²) in [6.07, 6.45) is 2.67. The lowest BCUT2D eigenvalue weighted by Crippen LogP contribution is -2.11. The summed E-state index contributed by atoms with van der Waals surface area (Å²) in [4.78, 5) is 0.350. The van der Waals surface area contributed by atoms with Gasteiger partial charge in [-0.15, -0.1) is 0 Å². The van der Waals surface area contributed by atoms with Gasteiger partial charge in [-0.05, 0) is 24.3 Å². The minimum atomic E-state index is 0.350. The molecule has 0 aliphatic carbocycles.